The molecule has 11 nitrogen and oxygen atoms in total. The Morgan fingerprint density at radius 1 is 0.784 bits per heavy atom. The zero-order valence-corrected chi connectivity index (χ0v) is 28.8. The van der Waals surface area contributed by atoms with Crippen LogP contribution in [-0.2, 0) is 33.6 Å². The van der Waals surface area contributed by atoms with Crippen LogP contribution in [0.5, 0.6) is 0 Å². The van der Waals surface area contributed by atoms with Gasteiger partial charge in [-0.05, 0) is 55.2 Å². The molecule has 0 spiro atoms. The molecule has 3 N–H and O–H groups in total. The second-order valence-corrected chi connectivity index (χ2v) is 13.2. The van der Waals surface area contributed by atoms with Gasteiger partial charge in [0.1, 0.15) is 17.7 Å². The summed E-state index contributed by atoms with van der Waals surface area (Å²) in [5.41, 5.74) is 5.72. The number of alkyl carbamates (subject to hydrolysis) is 1. The number of H-pyrrole nitrogens is 2. The molecule has 0 bridgehead atoms. The maximum atomic E-state index is 13.8. The minimum Gasteiger partial charge on any atom is -0.453 e. The fourth-order valence-corrected chi connectivity index (χ4v) is 7.26. The van der Waals surface area contributed by atoms with E-state index in [9.17, 15) is 14.4 Å². The fraction of sp³-hybridized carbons (Fsp3) is 0.325. The second kappa shape index (κ2) is 15.5. The van der Waals surface area contributed by atoms with Gasteiger partial charge in [-0.1, -0.05) is 84.9 Å². The average molecular weight is 686 g/mol. The van der Waals surface area contributed by atoms with Crippen LogP contribution in [0.3, 0.4) is 0 Å². The highest BCUT2D eigenvalue weighted by molar-refractivity contribution is 5.87. The standard InChI is InChI=1S/C40H43N7O4/c1-51-40(50)45-36(30-12-6-3-7-13-30)39(49)47-23-9-15-34(47)37-41-25-31(43-37)21-18-27-16-19-29(20-17-27)32-26-42-38(44-32)33-14-8-22-46(33)35(48)24-28-10-4-2-5-11-28/h2-7,10-13,16-17,19-20,25-26,33-34,36H,8-9,14-15,18,21-24H2,1H3,(H,41,43)(H,42,44)(H,45,50)/t33-,34-,36+/m0/s1. The van der Waals surface area contributed by atoms with Crippen LogP contribution >= 0.6 is 0 Å². The number of ether oxygens (including phenoxy) is 1. The van der Waals surface area contributed by atoms with Crippen LogP contribution in [0.25, 0.3) is 11.3 Å². The molecule has 3 amide bonds. The molecule has 7 rings (SSSR count). The maximum Gasteiger partial charge on any atom is 0.407 e. The van der Waals surface area contributed by atoms with Crippen molar-refractivity contribution in [1.82, 2.24) is 35.1 Å². The monoisotopic (exact) mass is 685 g/mol. The highest BCUT2D eigenvalue weighted by Gasteiger charge is 2.37. The smallest absolute Gasteiger partial charge is 0.407 e. The molecule has 0 aliphatic carbocycles. The Labute approximate surface area is 297 Å². The van der Waals surface area contributed by atoms with Crippen LogP contribution in [0, 0.1) is 0 Å². The minimum absolute atomic E-state index is 0.0378. The zero-order valence-electron chi connectivity index (χ0n) is 28.8. The number of hydrogen-bond acceptors (Lipinski definition) is 6. The normalized spacial score (nSPS) is 17.7. The van der Waals surface area contributed by atoms with Gasteiger partial charge in [-0.3, -0.25) is 9.59 Å². The van der Waals surface area contributed by atoms with E-state index in [1.807, 2.05) is 82.9 Å². The third-order valence-electron chi connectivity index (χ3n) is 9.93. The van der Waals surface area contributed by atoms with Crippen molar-refractivity contribution in [1.29, 1.82) is 0 Å². The van der Waals surface area contributed by atoms with Crippen molar-refractivity contribution in [3.05, 3.63) is 131 Å². The van der Waals surface area contributed by atoms with Gasteiger partial charge in [0.15, 0.2) is 0 Å². The van der Waals surface area contributed by atoms with Crippen LogP contribution < -0.4 is 5.32 Å². The van der Waals surface area contributed by atoms with Crippen molar-refractivity contribution >= 4 is 17.9 Å². The average Bonchev–Trinajstić information content (AvgIpc) is 4.00. The first-order valence-electron chi connectivity index (χ1n) is 17.7. The number of rotatable bonds is 11. The highest BCUT2D eigenvalue weighted by atomic mass is 16.5. The molecule has 11 heteroatoms. The lowest BCUT2D eigenvalue weighted by atomic mass is 10.0. The number of imidazole rings is 2. The predicted octanol–water partition coefficient (Wildman–Crippen LogP) is 6.25. The van der Waals surface area contributed by atoms with Gasteiger partial charge < -0.3 is 29.8 Å². The van der Waals surface area contributed by atoms with Gasteiger partial charge in [-0.15, -0.1) is 0 Å². The summed E-state index contributed by atoms with van der Waals surface area (Å²) in [5.74, 6) is 1.54. The maximum absolute atomic E-state index is 13.8. The number of aryl methyl sites for hydroxylation is 2. The van der Waals surface area contributed by atoms with Crippen LogP contribution in [0.15, 0.2) is 97.3 Å². The van der Waals surface area contributed by atoms with E-state index in [-0.39, 0.29) is 23.9 Å². The Morgan fingerprint density at radius 3 is 2.16 bits per heavy atom. The number of carbonyl (C=O) groups excluding carboxylic acids is 3. The van der Waals surface area contributed by atoms with Gasteiger partial charge in [0.05, 0.1) is 37.0 Å². The van der Waals surface area contributed by atoms with E-state index in [0.29, 0.717) is 18.5 Å². The molecular weight excluding hydrogens is 642 g/mol. The number of amides is 3. The molecule has 3 atom stereocenters. The van der Waals surface area contributed by atoms with Gasteiger partial charge >= 0.3 is 6.09 Å². The van der Waals surface area contributed by atoms with E-state index in [1.54, 1.807) is 0 Å². The van der Waals surface area contributed by atoms with E-state index in [1.165, 1.54) is 12.7 Å². The highest BCUT2D eigenvalue weighted by Crippen LogP contribution is 2.34. The topological polar surface area (TPSA) is 136 Å². The van der Waals surface area contributed by atoms with Gasteiger partial charge in [-0.25, -0.2) is 14.8 Å². The summed E-state index contributed by atoms with van der Waals surface area (Å²) >= 11 is 0. The summed E-state index contributed by atoms with van der Waals surface area (Å²) in [4.78, 5) is 59.3. The van der Waals surface area contributed by atoms with Crippen molar-refractivity contribution in [3.63, 3.8) is 0 Å². The predicted molar refractivity (Wildman–Crippen MR) is 192 cm³/mol. The Morgan fingerprint density at radius 2 is 1.43 bits per heavy atom. The number of methoxy groups -OCH3 is 1. The number of aromatic nitrogens is 4. The number of benzene rings is 3. The zero-order chi connectivity index (χ0) is 35.2. The number of likely N-dealkylation sites (tertiary alicyclic amines) is 2. The number of nitrogens with one attached hydrogen (secondary N) is 3. The molecule has 0 saturated carbocycles. The fourth-order valence-electron chi connectivity index (χ4n) is 7.26. The number of hydrogen-bond donors (Lipinski definition) is 3. The van der Waals surface area contributed by atoms with Crippen molar-refractivity contribution < 1.29 is 19.1 Å². The lowest BCUT2D eigenvalue weighted by Crippen LogP contribution is -2.42. The van der Waals surface area contributed by atoms with Gasteiger partial charge in [0.25, 0.3) is 5.91 Å². The lowest BCUT2D eigenvalue weighted by Gasteiger charge is -2.28. The Hall–Kier alpha value is -5.71. The van der Waals surface area contributed by atoms with E-state index >= 15 is 0 Å². The van der Waals surface area contributed by atoms with E-state index in [2.05, 4.69) is 39.6 Å². The summed E-state index contributed by atoms with van der Waals surface area (Å²) in [5, 5.41) is 2.71. The second-order valence-electron chi connectivity index (χ2n) is 13.2. The van der Waals surface area contributed by atoms with Crippen LogP contribution in [0.1, 0.15) is 77.8 Å². The molecule has 2 aromatic heterocycles. The first-order valence-corrected chi connectivity index (χ1v) is 17.7. The Balaban J connectivity index is 0.956. The van der Waals surface area contributed by atoms with Crippen molar-refractivity contribution in [3.8, 4) is 11.3 Å². The van der Waals surface area contributed by atoms with Gasteiger partial charge in [-0.2, -0.15) is 0 Å². The van der Waals surface area contributed by atoms with Gasteiger partial charge in [0, 0.05) is 31.0 Å². The summed E-state index contributed by atoms with van der Waals surface area (Å²) < 4.78 is 4.81. The van der Waals surface area contributed by atoms with E-state index in [4.69, 9.17) is 14.7 Å². The first kappa shape index (κ1) is 33.8. The molecule has 2 aliphatic heterocycles. The molecule has 4 heterocycles. The van der Waals surface area contributed by atoms with Crippen molar-refractivity contribution in [2.75, 3.05) is 20.2 Å². The molecule has 2 saturated heterocycles. The largest absolute Gasteiger partial charge is 0.453 e. The Bertz CT molecular complexity index is 1940. The van der Waals surface area contributed by atoms with Crippen LogP contribution in [0.4, 0.5) is 4.79 Å². The summed E-state index contributed by atoms with van der Waals surface area (Å²) in [6.45, 7) is 1.33. The quantitative estimate of drug-likeness (QED) is 0.150. The molecule has 0 radical (unpaired) electrons. The number of aromatic amines is 2. The van der Waals surface area contributed by atoms with E-state index in [0.717, 1.165) is 79.2 Å². The van der Waals surface area contributed by atoms with Crippen LogP contribution in [0.2, 0.25) is 0 Å². The first-order chi connectivity index (χ1) is 25.0. The Kier molecular flexibility index (Phi) is 10.2. The van der Waals surface area contributed by atoms with Crippen LogP contribution in [-0.4, -0.2) is 67.8 Å². The molecule has 2 fully saturated rings. The minimum atomic E-state index is -0.851. The molecule has 0 unspecified atom stereocenters. The lowest BCUT2D eigenvalue weighted by molar-refractivity contribution is -0.134. The molecule has 5 aromatic rings. The molecule has 51 heavy (non-hydrogen) atoms. The summed E-state index contributed by atoms with van der Waals surface area (Å²) in [7, 11) is 1.29. The van der Waals surface area contributed by atoms with E-state index < -0.39 is 12.1 Å². The number of carbonyl (C=O) groups is 3. The third kappa shape index (κ3) is 7.72. The molecular formula is C40H43N7O4. The molecule has 3 aromatic carbocycles. The third-order valence-corrected chi connectivity index (χ3v) is 9.93. The molecule has 262 valence electrons. The summed E-state index contributed by atoms with van der Waals surface area (Å²) in [6, 6.07) is 26.4. The van der Waals surface area contributed by atoms with Gasteiger partial charge in [0.2, 0.25) is 5.91 Å². The SMILES string of the molecule is COC(=O)N[C@@H](C(=O)N1CCC[C@H]1c1nc(CCc2ccc(-c3c[nH]c([C@@H]4CCCN4C(=O)Cc4ccccc4)n3)cc2)c[nH]1)c1ccccc1. The summed E-state index contributed by atoms with van der Waals surface area (Å²) in [6.07, 6.45) is 8.66. The molecule has 2 aliphatic rings. The van der Waals surface area contributed by atoms with Crippen molar-refractivity contribution in [2.45, 2.75) is 63.1 Å². The number of nitrogens with zero attached hydrogens (tertiary/aromatic N) is 4. The van der Waals surface area contributed by atoms with Crippen molar-refractivity contribution in [2.24, 2.45) is 0 Å².